The minimum atomic E-state index is -4.97. The lowest BCUT2D eigenvalue weighted by Crippen LogP contribution is -2.30. The fraction of sp³-hybridized carbons (Fsp3) is 0.240. The van der Waals surface area contributed by atoms with Crippen LogP contribution in [-0.4, -0.2) is 19.1 Å². The molecule has 0 spiro atoms. The maximum Gasteiger partial charge on any atom is 0.416 e. The molecule has 1 atom stereocenters. The third-order valence-corrected chi connectivity index (χ3v) is 5.26. The highest BCUT2D eigenvalue weighted by Crippen LogP contribution is 2.36. The van der Waals surface area contributed by atoms with Gasteiger partial charge in [0.1, 0.15) is 5.82 Å². The molecule has 3 aromatic carbocycles. The molecule has 0 heterocycles. The molecule has 200 valence electrons. The third kappa shape index (κ3) is 8.64. The largest absolute Gasteiger partial charge is 0.416 e. The molecule has 1 amide bonds. The number of anilines is 1. The molecule has 0 aliphatic carbocycles. The number of nitrogens with two attached hydrogens (primary N) is 1. The number of alkyl halides is 6. The van der Waals surface area contributed by atoms with Gasteiger partial charge < -0.3 is 15.8 Å². The van der Waals surface area contributed by atoms with E-state index in [0.29, 0.717) is 28.9 Å². The molecule has 0 saturated heterocycles. The van der Waals surface area contributed by atoms with E-state index in [9.17, 15) is 35.5 Å². The van der Waals surface area contributed by atoms with Crippen LogP contribution >= 0.6 is 12.4 Å². The average molecular weight is 551 g/mol. The molecule has 1 unspecified atom stereocenters. The van der Waals surface area contributed by atoms with Crippen molar-refractivity contribution in [2.45, 2.75) is 24.9 Å². The molecule has 0 saturated carbocycles. The second-order valence-electron chi connectivity index (χ2n) is 8.01. The van der Waals surface area contributed by atoms with Crippen LogP contribution in [0.3, 0.4) is 0 Å². The van der Waals surface area contributed by atoms with Crippen molar-refractivity contribution >= 4 is 24.0 Å². The van der Waals surface area contributed by atoms with Gasteiger partial charge in [0.2, 0.25) is 0 Å². The van der Waals surface area contributed by atoms with E-state index in [-0.39, 0.29) is 37.2 Å². The minimum absolute atomic E-state index is 0. The summed E-state index contributed by atoms with van der Waals surface area (Å²) in [6.07, 6.45) is -9.95. The number of hydrogen-bond acceptors (Lipinski definition) is 3. The van der Waals surface area contributed by atoms with Crippen LogP contribution in [0.1, 0.15) is 38.5 Å². The van der Waals surface area contributed by atoms with Crippen LogP contribution in [0.5, 0.6) is 0 Å². The van der Waals surface area contributed by atoms with Crippen LogP contribution in [-0.2, 0) is 23.7 Å². The Morgan fingerprint density at radius 2 is 1.41 bits per heavy atom. The first kappa shape index (κ1) is 29.9. The van der Waals surface area contributed by atoms with Gasteiger partial charge in [0.25, 0.3) is 5.91 Å². The minimum Gasteiger partial charge on any atom is -0.399 e. The second-order valence-corrected chi connectivity index (χ2v) is 8.01. The summed E-state index contributed by atoms with van der Waals surface area (Å²) >= 11 is 0. The first-order chi connectivity index (χ1) is 16.8. The fourth-order valence-electron chi connectivity index (χ4n) is 3.38. The Balaban J connectivity index is 0.00000481. The Kier molecular flexibility index (Phi) is 9.93. The highest BCUT2D eigenvalue weighted by Gasteiger charge is 2.36. The maximum atomic E-state index is 13.4. The van der Waals surface area contributed by atoms with Crippen molar-refractivity contribution in [3.05, 3.63) is 100 Å². The molecular weight excluding hydrogens is 529 g/mol. The summed E-state index contributed by atoms with van der Waals surface area (Å²) < 4.78 is 97.4. The van der Waals surface area contributed by atoms with Gasteiger partial charge in [-0.3, -0.25) is 4.79 Å². The van der Waals surface area contributed by atoms with Gasteiger partial charge in [-0.05, 0) is 65.7 Å². The van der Waals surface area contributed by atoms with Crippen molar-refractivity contribution in [1.82, 2.24) is 5.32 Å². The number of amides is 1. The number of ether oxygens (including phenoxy) is 1. The van der Waals surface area contributed by atoms with Crippen molar-refractivity contribution in [2.24, 2.45) is 0 Å². The van der Waals surface area contributed by atoms with Gasteiger partial charge in [0.15, 0.2) is 0 Å². The molecule has 12 heteroatoms. The average Bonchev–Trinajstić information content (AvgIpc) is 2.81. The first-order valence-electron chi connectivity index (χ1n) is 10.6. The van der Waals surface area contributed by atoms with Gasteiger partial charge >= 0.3 is 12.4 Å². The molecule has 3 aromatic rings. The predicted octanol–water partition coefficient (Wildman–Crippen LogP) is 6.60. The number of carbonyl (C=O) groups is 1. The summed E-state index contributed by atoms with van der Waals surface area (Å²) in [5.74, 6) is -1.51. The topological polar surface area (TPSA) is 64.4 Å². The highest BCUT2D eigenvalue weighted by atomic mass is 35.5. The standard InChI is InChI=1S/C25H21F7N2O2.ClH/c26-21-5-1-16(2-6-21)18(12-34-23(35)17-3-7-22(33)8-4-17)14-36-13-15-9-19(24(27,28)29)11-20(10-15)25(30,31)32;/h1-11,18H,12-14,33H2,(H,34,35);1H. The van der Waals surface area contributed by atoms with Crippen LogP contribution < -0.4 is 11.1 Å². The summed E-state index contributed by atoms with van der Waals surface area (Å²) in [7, 11) is 0. The molecular formula is C25H22ClF7N2O2. The number of benzene rings is 3. The van der Waals surface area contributed by atoms with Crippen LogP contribution in [0.2, 0.25) is 0 Å². The highest BCUT2D eigenvalue weighted by molar-refractivity contribution is 5.94. The molecule has 0 aliphatic rings. The van der Waals surface area contributed by atoms with Crippen molar-refractivity contribution in [3.63, 3.8) is 0 Å². The smallest absolute Gasteiger partial charge is 0.399 e. The molecule has 0 aliphatic heterocycles. The zero-order valence-electron chi connectivity index (χ0n) is 19.0. The summed E-state index contributed by atoms with van der Waals surface area (Å²) in [5, 5.41) is 2.69. The van der Waals surface area contributed by atoms with Gasteiger partial charge in [-0.2, -0.15) is 26.3 Å². The lowest BCUT2D eigenvalue weighted by Gasteiger charge is -2.19. The number of carbonyl (C=O) groups excluding carboxylic acids is 1. The molecule has 37 heavy (non-hydrogen) atoms. The fourth-order valence-corrected chi connectivity index (χ4v) is 3.38. The maximum absolute atomic E-state index is 13.4. The number of nitrogens with one attached hydrogen (secondary N) is 1. The first-order valence-corrected chi connectivity index (χ1v) is 10.6. The number of rotatable bonds is 8. The second kappa shape index (κ2) is 12.3. The zero-order valence-corrected chi connectivity index (χ0v) is 19.8. The predicted molar refractivity (Wildman–Crippen MR) is 126 cm³/mol. The summed E-state index contributed by atoms with van der Waals surface area (Å²) in [4.78, 5) is 12.4. The van der Waals surface area contributed by atoms with E-state index in [4.69, 9.17) is 10.5 Å². The van der Waals surface area contributed by atoms with Crippen LogP contribution in [0.15, 0.2) is 66.7 Å². The Bertz CT molecular complexity index is 1150. The van der Waals surface area contributed by atoms with Crippen molar-refractivity contribution in [1.29, 1.82) is 0 Å². The van der Waals surface area contributed by atoms with E-state index < -0.39 is 47.7 Å². The number of nitrogen functional groups attached to an aromatic ring is 1. The Labute approximate surface area is 214 Å². The molecule has 0 aromatic heterocycles. The summed E-state index contributed by atoms with van der Waals surface area (Å²) in [6, 6.07) is 12.6. The molecule has 0 bridgehead atoms. The lowest BCUT2D eigenvalue weighted by atomic mass is 9.99. The van der Waals surface area contributed by atoms with Gasteiger partial charge in [-0.15, -0.1) is 12.4 Å². The van der Waals surface area contributed by atoms with Crippen LogP contribution in [0, 0.1) is 5.82 Å². The zero-order chi connectivity index (χ0) is 26.5. The SMILES string of the molecule is Cl.Nc1ccc(C(=O)NCC(COCc2cc(C(F)(F)F)cc(C(F)(F)F)c2)c2ccc(F)cc2)cc1. The van der Waals surface area contributed by atoms with E-state index in [0.717, 1.165) is 0 Å². The number of halogens is 8. The Morgan fingerprint density at radius 1 is 0.865 bits per heavy atom. The van der Waals surface area contributed by atoms with Crippen molar-refractivity contribution < 1.29 is 40.3 Å². The van der Waals surface area contributed by atoms with Gasteiger partial charge in [0, 0.05) is 23.7 Å². The Hall–Kier alpha value is -3.31. The summed E-state index contributed by atoms with van der Waals surface area (Å²) in [6.45, 7) is -0.715. The normalized spacial score (nSPS) is 12.5. The molecule has 4 nitrogen and oxygen atoms in total. The van der Waals surface area contributed by atoms with E-state index >= 15 is 0 Å². The van der Waals surface area contributed by atoms with E-state index in [1.165, 1.54) is 36.4 Å². The van der Waals surface area contributed by atoms with E-state index in [1.54, 1.807) is 12.1 Å². The van der Waals surface area contributed by atoms with E-state index in [1.807, 2.05) is 0 Å². The lowest BCUT2D eigenvalue weighted by molar-refractivity contribution is -0.143. The molecule has 3 rings (SSSR count). The molecule has 0 fully saturated rings. The number of hydrogen-bond donors (Lipinski definition) is 2. The monoisotopic (exact) mass is 550 g/mol. The van der Waals surface area contributed by atoms with Crippen molar-refractivity contribution in [2.75, 3.05) is 18.9 Å². The quantitative estimate of drug-likeness (QED) is 0.245. The van der Waals surface area contributed by atoms with Gasteiger partial charge in [0.05, 0.1) is 24.3 Å². The summed E-state index contributed by atoms with van der Waals surface area (Å²) in [5.41, 5.74) is 3.74. The van der Waals surface area contributed by atoms with Gasteiger partial charge in [-0.1, -0.05) is 12.1 Å². The van der Waals surface area contributed by atoms with Crippen LogP contribution in [0.4, 0.5) is 36.4 Å². The molecule has 0 radical (unpaired) electrons. The van der Waals surface area contributed by atoms with Gasteiger partial charge in [-0.25, -0.2) is 4.39 Å². The molecule has 3 N–H and O–H groups in total. The van der Waals surface area contributed by atoms with E-state index in [2.05, 4.69) is 5.32 Å². The third-order valence-electron chi connectivity index (χ3n) is 5.26. The Morgan fingerprint density at radius 3 is 1.92 bits per heavy atom. The van der Waals surface area contributed by atoms with Crippen molar-refractivity contribution in [3.8, 4) is 0 Å². The van der Waals surface area contributed by atoms with Crippen LogP contribution in [0.25, 0.3) is 0 Å².